The van der Waals surface area contributed by atoms with Crippen molar-refractivity contribution < 1.29 is 14.3 Å². The molecule has 0 aliphatic heterocycles. The topological polar surface area (TPSA) is 86.1 Å². The molecule has 0 radical (unpaired) electrons. The number of amides is 1. The summed E-state index contributed by atoms with van der Waals surface area (Å²) in [4.78, 5) is 27.9. The highest BCUT2D eigenvalue weighted by Gasteiger charge is 2.20. The van der Waals surface area contributed by atoms with Gasteiger partial charge in [-0.2, -0.15) is 5.10 Å². The fraction of sp³-hybridized carbons (Fsp3) is 0.429. The molecule has 124 valence electrons. The maximum absolute atomic E-state index is 12.3. The molecule has 2 rings (SSSR count). The third-order valence-electron chi connectivity index (χ3n) is 3.14. The summed E-state index contributed by atoms with van der Waals surface area (Å²) in [5.74, 6) is -0.554. The van der Waals surface area contributed by atoms with E-state index >= 15 is 0 Å². The van der Waals surface area contributed by atoms with Gasteiger partial charge in [-0.05, 0) is 36.7 Å². The number of carbonyl (C=O) groups excluding carboxylic acids is 2. The molecule has 1 unspecified atom stereocenters. The second kappa shape index (κ2) is 7.69. The van der Waals surface area contributed by atoms with Crippen LogP contribution in [0.5, 0.6) is 0 Å². The molecule has 7 nitrogen and oxygen atoms in total. The molecular formula is C14H17BrN4O3S. The molecule has 2 heterocycles. The maximum Gasteiger partial charge on any atom is 0.311 e. The van der Waals surface area contributed by atoms with Crippen LogP contribution in [0.25, 0.3) is 0 Å². The van der Waals surface area contributed by atoms with Crippen LogP contribution < -0.4 is 5.32 Å². The summed E-state index contributed by atoms with van der Waals surface area (Å²) in [5.41, 5.74) is 1.45. The Hall–Kier alpha value is -1.74. The lowest BCUT2D eigenvalue weighted by atomic mass is 10.3. The minimum atomic E-state index is -0.473. The van der Waals surface area contributed by atoms with Gasteiger partial charge < -0.3 is 10.1 Å². The van der Waals surface area contributed by atoms with E-state index in [9.17, 15) is 9.59 Å². The Bertz CT molecular complexity index is 713. The fourth-order valence-electron chi connectivity index (χ4n) is 1.92. The Labute approximate surface area is 146 Å². The molecule has 0 fully saturated rings. The van der Waals surface area contributed by atoms with Gasteiger partial charge in [-0.15, -0.1) is 11.3 Å². The molecule has 1 amide bonds. The third kappa shape index (κ3) is 4.38. The first-order valence-corrected chi connectivity index (χ1v) is 8.70. The zero-order valence-corrected chi connectivity index (χ0v) is 15.4. The van der Waals surface area contributed by atoms with Crippen molar-refractivity contribution in [1.29, 1.82) is 0 Å². The van der Waals surface area contributed by atoms with E-state index in [0.717, 1.165) is 10.2 Å². The molecule has 0 saturated heterocycles. The highest BCUT2D eigenvalue weighted by molar-refractivity contribution is 9.10. The van der Waals surface area contributed by atoms with Gasteiger partial charge in [0.05, 0.1) is 35.1 Å². The van der Waals surface area contributed by atoms with Crippen LogP contribution in [0, 0.1) is 6.92 Å². The van der Waals surface area contributed by atoms with E-state index < -0.39 is 6.04 Å². The standard InChI is InChI=1S/C14H17BrN4O3S/c1-4-22-12(20)5-10-7-23-14(17-10)18-13(21)9(3)19-8(2)11(15)6-16-19/h6-7,9H,4-5H2,1-3H3,(H,17,18,21). The zero-order valence-electron chi connectivity index (χ0n) is 13.0. The highest BCUT2D eigenvalue weighted by atomic mass is 79.9. The second-order valence-corrected chi connectivity index (χ2v) is 6.53. The van der Waals surface area contributed by atoms with Crippen molar-refractivity contribution in [2.24, 2.45) is 0 Å². The number of nitrogens with zero attached hydrogens (tertiary/aromatic N) is 3. The first-order valence-electron chi connectivity index (χ1n) is 7.02. The van der Waals surface area contributed by atoms with Crippen molar-refractivity contribution in [1.82, 2.24) is 14.8 Å². The zero-order chi connectivity index (χ0) is 17.0. The number of hydrogen-bond donors (Lipinski definition) is 1. The number of rotatable bonds is 6. The van der Waals surface area contributed by atoms with E-state index in [1.165, 1.54) is 11.3 Å². The highest BCUT2D eigenvalue weighted by Crippen LogP contribution is 2.21. The first-order chi connectivity index (χ1) is 10.9. The molecule has 1 N–H and O–H groups in total. The minimum absolute atomic E-state index is 0.0982. The SMILES string of the molecule is CCOC(=O)Cc1csc(NC(=O)C(C)n2ncc(Br)c2C)n1. The van der Waals surface area contributed by atoms with E-state index in [2.05, 4.69) is 31.3 Å². The fourth-order valence-corrected chi connectivity index (χ4v) is 2.91. The normalized spacial score (nSPS) is 12.0. The summed E-state index contributed by atoms with van der Waals surface area (Å²) < 4.78 is 7.35. The van der Waals surface area contributed by atoms with Crippen LogP contribution in [0.3, 0.4) is 0 Å². The number of thiazole rings is 1. The number of aromatic nitrogens is 3. The van der Waals surface area contributed by atoms with Gasteiger partial charge in [-0.1, -0.05) is 0 Å². The van der Waals surface area contributed by atoms with Crippen molar-refractivity contribution in [2.75, 3.05) is 11.9 Å². The van der Waals surface area contributed by atoms with Crippen LogP contribution in [0.2, 0.25) is 0 Å². The first kappa shape index (κ1) is 17.6. The van der Waals surface area contributed by atoms with Crippen LogP contribution in [0.4, 0.5) is 5.13 Å². The van der Waals surface area contributed by atoms with E-state index in [-0.39, 0.29) is 18.3 Å². The van der Waals surface area contributed by atoms with Gasteiger partial charge in [-0.25, -0.2) is 4.98 Å². The summed E-state index contributed by atoms with van der Waals surface area (Å²) in [6.07, 6.45) is 1.75. The average molecular weight is 401 g/mol. The van der Waals surface area contributed by atoms with Crippen molar-refractivity contribution >= 4 is 44.3 Å². The lowest BCUT2D eigenvalue weighted by Crippen LogP contribution is -2.25. The molecule has 1 atom stereocenters. The van der Waals surface area contributed by atoms with Gasteiger partial charge in [0.15, 0.2) is 5.13 Å². The second-order valence-electron chi connectivity index (χ2n) is 4.81. The third-order valence-corrected chi connectivity index (χ3v) is 4.73. The largest absolute Gasteiger partial charge is 0.466 e. The van der Waals surface area contributed by atoms with E-state index in [1.807, 2.05) is 6.92 Å². The van der Waals surface area contributed by atoms with Gasteiger partial charge in [-0.3, -0.25) is 14.3 Å². The van der Waals surface area contributed by atoms with Gasteiger partial charge in [0, 0.05) is 5.38 Å². The van der Waals surface area contributed by atoms with Crippen molar-refractivity contribution in [3.63, 3.8) is 0 Å². The number of nitrogens with one attached hydrogen (secondary N) is 1. The Morgan fingerprint density at radius 3 is 2.87 bits per heavy atom. The van der Waals surface area contributed by atoms with Crippen LogP contribution in [-0.4, -0.2) is 33.2 Å². The number of esters is 1. The van der Waals surface area contributed by atoms with E-state index in [4.69, 9.17) is 4.74 Å². The number of carbonyl (C=O) groups is 2. The van der Waals surface area contributed by atoms with Crippen LogP contribution in [0.1, 0.15) is 31.3 Å². The predicted octanol–water partition coefficient (Wildman–Crippen LogP) is 2.72. The molecule has 9 heteroatoms. The van der Waals surface area contributed by atoms with Gasteiger partial charge in [0.2, 0.25) is 0 Å². The Morgan fingerprint density at radius 1 is 1.52 bits per heavy atom. The quantitative estimate of drug-likeness (QED) is 0.753. The van der Waals surface area contributed by atoms with Crippen molar-refractivity contribution in [2.45, 2.75) is 33.2 Å². The summed E-state index contributed by atoms with van der Waals surface area (Å²) >= 11 is 4.64. The smallest absolute Gasteiger partial charge is 0.311 e. The van der Waals surface area contributed by atoms with Crippen LogP contribution in [-0.2, 0) is 20.7 Å². The molecule has 2 aromatic heterocycles. The average Bonchev–Trinajstić information content (AvgIpc) is 3.06. The molecule has 0 saturated carbocycles. The van der Waals surface area contributed by atoms with Gasteiger partial charge in [0.1, 0.15) is 6.04 Å². The summed E-state index contributed by atoms with van der Waals surface area (Å²) in [5, 5.41) is 9.09. The molecule has 0 aromatic carbocycles. The molecule has 23 heavy (non-hydrogen) atoms. The van der Waals surface area contributed by atoms with Crippen molar-refractivity contribution in [3.8, 4) is 0 Å². The molecule has 0 spiro atoms. The number of ether oxygens (including phenoxy) is 1. The number of anilines is 1. The summed E-state index contributed by atoms with van der Waals surface area (Å²) in [6.45, 7) is 5.72. The van der Waals surface area contributed by atoms with Crippen LogP contribution in [0.15, 0.2) is 16.0 Å². The van der Waals surface area contributed by atoms with E-state index in [0.29, 0.717) is 17.4 Å². The van der Waals surface area contributed by atoms with Crippen LogP contribution >= 0.6 is 27.3 Å². The molecular weight excluding hydrogens is 384 g/mol. The predicted molar refractivity (Wildman–Crippen MR) is 90.5 cm³/mol. The number of hydrogen-bond acceptors (Lipinski definition) is 6. The molecule has 2 aromatic rings. The van der Waals surface area contributed by atoms with E-state index in [1.54, 1.807) is 30.1 Å². The lowest BCUT2D eigenvalue weighted by Gasteiger charge is -2.13. The summed E-state index contributed by atoms with van der Waals surface area (Å²) in [7, 11) is 0. The Kier molecular flexibility index (Phi) is 5.89. The Balaban J connectivity index is 1.99. The van der Waals surface area contributed by atoms with Gasteiger partial charge in [0.25, 0.3) is 5.91 Å². The lowest BCUT2D eigenvalue weighted by molar-refractivity contribution is -0.142. The van der Waals surface area contributed by atoms with Gasteiger partial charge >= 0.3 is 5.97 Å². The number of halogens is 1. The molecule has 0 aliphatic carbocycles. The Morgan fingerprint density at radius 2 is 2.26 bits per heavy atom. The van der Waals surface area contributed by atoms with Crippen molar-refractivity contribution in [3.05, 3.63) is 27.4 Å². The minimum Gasteiger partial charge on any atom is -0.466 e. The monoisotopic (exact) mass is 400 g/mol. The summed E-state index contributed by atoms with van der Waals surface area (Å²) in [6, 6.07) is -0.473. The maximum atomic E-state index is 12.3. The molecule has 0 aliphatic rings. The molecule has 0 bridgehead atoms.